The molecule has 0 aromatic heterocycles. The standard InChI is InChI=1S/C14H30N2S/c1-11(2)13-8-14(9-13,10-15)16(4)12(3)6-7-17-5/h11-13H,6-10,15H2,1-5H3. The minimum Gasteiger partial charge on any atom is -0.329 e. The van der Waals surface area contributed by atoms with Gasteiger partial charge in [0.15, 0.2) is 0 Å². The minimum absolute atomic E-state index is 0.298. The number of thioether (sulfide) groups is 1. The molecule has 2 nitrogen and oxygen atoms in total. The van der Waals surface area contributed by atoms with Gasteiger partial charge < -0.3 is 5.73 Å². The van der Waals surface area contributed by atoms with E-state index in [9.17, 15) is 0 Å². The second-order valence-electron chi connectivity index (χ2n) is 6.08. The zero-order valence-corrected chi connectivity index (χ0v) is 13.0. The Kier molecular flexibility index (Phi) is 5.81. The summed E-state index contributed by atoms with van der Waals surface area (Å²) in [6.07, 6.45) is 6.04. The highest BCUT2D eigenvalue weighted by Gasteiger charge is 2.47. The lowest BCUT2D eigenvalue weighted by molar-refractivity contribution is -0.0399. The van der Waals surface area contributed by atoms with Crippen LogP contribution in [0.3, 0.4) is 0 Å². The van der Waals surface area contributed by atoms with Gasteiger partial charge in [0.1, 0.15) is 0 Å². The van der Waals surface area contributed by atoms with Crippen molar-refractivity contribution in [3.63, 3.8) is 0 Å². The molecule has 1 aliphatic carbocycles. The topological polar surface area (TPSA) is 29.3 Å². The van der Waals surface area contributed by atoms with Crippen LogP contribution in [0.5, 0.6) is 0 Å². The molecule has 1 fully saturated rings. The molecule has 102 valence electrons. The van der Waals surface area contributed by atoms with Crippen molar-refractivity contribution in [2.45, 2.75) is 51.6 Å². The quantitative estimate of drug-likeness (QED) is 0.761. The van der Waals surface area contributed by atoms with Gasteiger partial charge in [-0.2, -0.15) is 11.8 Å². The molecule has 0 heterocycles. The van der Waals surface area contributed by atoms with Crippen LogP contribution in [-0.2, 0) is 0 Å². The fourth-order valence-corrected chi connectivity index (χ4v) is 3.51. The molecule has 0 radical (unpaired) electrons. The molecule has 0 aromatic rings. The fourth-order valence-electron chi connectivity index (χ4n) is 2.94. The molecule has 0 aliphatic heterocycles. The van der Waals surface area contributed by atoms with Crippen LogP contribution in [0.1, 0.15) is 40.0 Å². The maximum atomic E-state index is 6.05. The lowest BCUT2D eigenvalue weighted by Gasteiger charge is -2.56. The summed E-state index contributed by atoms with van der Waals surface area (Å²) in [5.74, 6) is 2.94. The third kappa shape index (κ3) is 3.39. The Morgan fingerprint density at radius 1 is 1.35 bits per heavy atom. The van der Waals surface area contributed by atoms with Crippen molar-refractivity contribution in [1.29, 1.82) is 0 Å². The van der Waals surface area contributed by atoms with Gasteiger partial charge in [-0.1, -0.05) is 13.8 Å². The van der Waals surface area contributed by atoms with Gasteiger partial charge in [0.05, 0.1) is 0 Å². The summed E-state index contributed by atoms with van der Waals surface area (Å²) in [7, 11) is 2.27. The van der Waals surface area contributed by atoms with Gasteiger partial charge in [-0.3, -0.25) is 4.90 Å². The van der Waals surface area contributed by atoms with Crippen LogP contribution in [0, 0.1) is 11.8 Å². The Labute approximate surface area is 112 Å². The smallest absolute Gasteiger partial charge is 0.0337 e. The molecule has 17 heavy (non-hydrogen) atoms. The van der Waals surface area contributed by atoms with Crippen molar-refractivity contribution in [2.75, 3.05) is 25.6 Å². The average molecular weight is 258 g/mol. The molecule has 1 aliphatic rings. The first-order valence-corrected chi connectivity index (χ1v) is 8.28. The third-order valence-corrected chi connectivity index (χ3v) is 5.40. The van der Waals surface area contributed by atoms with Gasteiger partial charge in [0.25, 0.3) is 0 Å². The largest absolute Gasteiger partial charge is 0.329 e. The summed E-state index contributed by atoms with van der Waals surface area (Å²) in [5.41, 5.74) is 6.35. The van der Waals surface area contributed by atoms with Crippen LogP contribution < -0.4 is 5.73 Å². The molecule has 0 amide bonds. The van der Waals surface area contributed by atoms with E-state index in [-0.39, 0.29) is 0 Å². The van der Waals surface area contributed by atoms with E-state index >= 15 is 0 Å². The summed E-state index contributed by atoms with van der Waals surface area (Å²) in [5, 5.41) is 0. The Bertz CT molecular complexity index is 224. The molecule has 0 saturated heterocycles. The summed E-state index contributed by atoms with van der Waals surface area (Å²) < 4.78 is 0. The molecule has 1 rings (SSSR count). The lowest BCUT2D eigenvalue weighted by Crippen LogP contribution is -2.63. The third-order valence-electron chi connectivity index (χ3n) is 4.76. The Morgan fingerprint density at radius 3 is 2.35 bits per heavy atom. The van der Waals surface area contributed by atoms with Crippen molar-refractivity contribution < 1.29 is 0 Å². The second-order valence-corrected chi connectivity index (χ2v) is 7.07. The normalized spacial score (nSPS) is 30.7. The molecular weight excluding hydrogens is 228 g/mol. The van der Waals surface area contributed by atoms with Crippen LogP contribution in [-0.4, -0.2) is 42.1 Å². The lowest BCUT2D eigenvalue weighted by atomic mass is 9.63. The van der Waals surface area contributed by atoms with Crippen LogP contribution >= 0.6 is 11.8 Å². The number of nitrogens with zero attached hydrogens (tertiary/aromatic N) is 1. The Balaban J connectivity index is 2.51. The summed E-state index contributed by atoms with van der Waals surface area (Å²) >= 11 is 1.94. The highest BCUT2D eigenvalue weighted by molar-refractivity contribution is 7.98. The average Bonchev–Trinajstić information content (AvgIpc) is 2.24. The monoisotopic (exact) mass is 258 g/mol. The molecular formula is C14H30N2S. The molecule has 3 heteroatoms. The van der Waals surface area contributed by atoms with Gasteiger partial charge in [0.2, 0.25) is 0 Å². The van der Waals surface area contributed by atoms with Crippen molar-refractivity contribution in [1.82, 2.24) is 4.90 Å². The van der Waals surface area contributed by atoms with E-state index in [1.54, 1.807) is 0 Å². The zero-order chi connectivity index (χ0) is 13.1. The summed E-state index contributed by atoms with van der Waals surface area (Å²) in [4.78, 5) is 2.56. The minimum atomic E-state index is 0.298. The Morgan fingerprint density at radius 2 is 1.94 bits per heavy atom. The number of nitrogens with two attached hydrogens (primary N) is 1. The van der Waals surface area contributed by atoms with Crippen molar-refractivity contribution in [3.05, 3.63) is 0 Å². The number of hydrogen-bond donors (Lipinski definition) is 1. The van der Waals surface area contributed by atoms with E-state index < -0.39 is 0 Å². The molecule has 1 unspecified atom stereocenters. The van der Waals surface area contributed by atoms with Gasteiger partial charge in [-0.25, -0.2) is 0 Å². The van der Waals surface area contributed by atoms with Crippen molar-refractivity contribution in [3.8, 4) is 0 Å². The van der Waals surface area contributed by atoms with E-state index in [2.05, 4.69) is 39.0 Å². The van der Waals surface area contributed by atoms with Crippen molar-refractivity contribution in [2.24, 2.45) is 17.6 Å². The van der Waals surface area contributed by atoms with Crippen molar-refractivity contribution >= 4 is 11.8 Å². The van der Waals surface area contributed by atoms with Gasteiger partial charge >= 0.3 is 0 Å². The molecule has 0 spiro atoms. The fraction of sp³-hybridized carbons (Fsp3) is 1.00. The Hall–Kier alpha value is 0.270. The molecule has 2 N–H and O–H groups in total. The van der Waals surface area contributed by atoms with Gasteiger partial charge in [0, 0.05) is 18.1 Å². The molecule has 1 atom stereocenters. The molecule has 0 aromatic carbocycles. The first-order chi connectivity index (χ1) is 7.96. The highest BCUT2D eigenvalue weighted by atomic mass is 32.2. The van der Waals surface area contributed by atoms with E-state index in [1.807, 2.05) is 11.8 Å². The summed E-state index contributed by atoms with van der Waals surface area (Å²) in [6.45, 7) is 7.83. The van der Waals surface area contributed by atoms with E-state index in [4.69, 9.17) is 5.73 Å². The van der Waals surface area contributed by atoms with Crippen LogP contribution in [0.25, 0.3) is 0 Å². The molecule has 1 saturated carbocycles. The predicted octanol–water partition coefficient (Wildman–Crippen LogP) is 2.82. The predicted molar refractivity (Wildman–Crippen MR) is 79.6 cm³/mol. The van der Waals surface area contributed by atoms with E-state index in [0.29, 0.717) is 11.6 Å². The second kappa shape index (κ2) is 6.44. The van der Waals surface area contributed by atoms with Crippen LogP contribution in [0.2, 0.25) is 0 Å². The van der Waals surface area contributed by atoms with Crippen LogP contribution in [0.15, 0.2) is 0 Å². The van der Waals surface area contributed by atoms with Crippen LogP contribution in [0.4, 0.5) is 0 Å². The SMILES string of the molecule is CSCCC(C)N(C)C1(CN)CC(C(C)C)C1. The zero-order valence-electron chi connectivity index (χ0n) is 12.2. The number of rotatable bonds is 7. The maximum absolute atomic E-state index is 6.05. The number of hydrogen-bond acceptors (Lipinski definition) is 3. The summed E-state index contributed by atoms with van der Waals surface area (Å²) in [6, 6.07) is 0.652. The van der Waals surface area contributed by atoms with Gasteiger partial charge in [-0.15, -0.1) is 0 Å². The van der Waals surface area contributed by atoms with Gasteiger partial charge in [-0.05, 0) is 57.1 Å². The first kappa shape index (κ1) is 15.3. The highest BCUT2D eigenvalue weighted by Crippen LogP contribution is 2.45. The van der Waals surface area contributed by atoms with E-state index in [0.717, 1.165) is 18.4 Å². The molecule has 0 bridgehead atoms. The number of likely N-dealkylation sites (N-methyl/N-ethyl adjacent to an activating group) is 1. The first-order valence-electron chi connectivity index (χ1n) is 6.88. The van der Waals surface area contributed by atoms with E-state index in [1.165, 1.54) is 25.0 Å². The maximum Gasteiger partial charge on any atom is 0.0337 e.